The zero-order chi connectivity index (χ0) is 16.6. The Morgan fingerprint density at radius 3 is 2.65 bits per heavy atom. The second kappa shape index (κ2) is 5.47. The van der Waals surface area contributed by atoms with Gasteiger partial charge in [0.05, 0.1) is 5.56 Å². The highest BCUT2D eigenvalue weighted by atomic mass is 19.4. The van der Waals surface area contributed by atoms with E-state index in [1.807, 2.05) is 6.07 Å². The van der Waals surface area contributed by atoms with E-state index >= 15 is 0 Å². The third-order valence-corrected chi connectivity index (χ3v) is 3.79. The average molecular weight is 319 g/mol. The normalized spacial score (nSPS) is 14.3. The third kappa shape index (κ3) is 2.93. The number of rotatable bonds is 1. The first-order chi connectivity index (χ1) is 10.9. The van der Waals surface area contributed by atoms with Crippen molar-refractivity contribution in [1.29, 1.82) is 5.26 Å². The maximum absolute atomic E-state index is 12.9. The molecule has 1 aromatic heterocycles. The Labute approximate surface area is 130 Å². The van der Waals surface area contributed by atoms with Crippen LogP contribution in [0.2, 0.25) is 0 Å². The van der Waals surface area contributed by atoms with Crippen molar-refractivity contribution in [2.75, 3.05) is 11.4 Å². The van der Waals surface area contributed by atoms with Crippen molar-refractivity contribution in [3.05, 3.63) is 52.7 Å². The van der Waals surface area contributed by atoms with Crippen LogP contribution in [-0.2, 0) is 19.1 Å². The number of phenols is 1. The Kier molecular flexibility index (Phi) is 3.60. The summed E-state index contributed by atoms with van der Waals surface area (Å²) in [5.41, 5.74) is 0.929. The van der Waals surface area contributed by atoms with Crippen molar-refractivity contribution in [1.82, 2.24) is 4.98 Å². The summed E-state index contributed by atoms with van der Waals surface area (Å²) in [6.07, 6.45) is -3.95. The van der Waals surface area contributed by atoms with E-state index in [4.69, 9.17) is 5.26 Å². The zero-order valence-electron chi connectivity index (χ0n) is 11.9. The van der Waals surface area contributed by atoms with Gasteiger partial charge in [-0.3, -0.25) is 0 Å². The smallest absolute Gasteiger partial charge is 0.433 e. The first-order valence-electron chi connectivity index (χ1n) is 6.92. The molecule has 0 spiro atoms. The van der Waals surface area contributed by atoms with Gasteiger partial charge >= 0.3 is 6.18 Å². The van der Waals surface area contributed by atoms with Gasteiger partial charge in [-0.05, 0) is 41.8 Å². The first kappa shape index (κ1) is 15.2. The van der Waals surface area contributed by atoms with Crippen LogP contribution in [0.1, 0.15) is 22.4 Å². The highest BCUT2D eigenvalue weighted by Gasteiger charge is 2.34. The second-order valence-corrected chi connectivity index (χ2v) is 5.30. The topological polar surface area (TPSA) is 60.2 Å². The molecule has 23 heavy (non-hydrogen) atoms. The van der Waals surface area contributed by atoms with Crippen molar-refractivity contribution < 1.29 is 18.3 Å². The maximum atomic E-state index is 12.9. The van der Waals surface area contributed by atoms with Crippen LogP contribution >= 0.6 is 0 Å². The molecule has 0 amide bonds. The Morgan fingerprint density at radius 2 is 1.96 bits per heavy atom. The molecular formula is C16H12F3N3O. The number of benzene rings is 1. The van der Waals surface area contributed by atoms with Crippen LogP contribution in [0.3, 0.4) is 0 Å². The number of nitriles is 1. The second-order valence-electron chi connectivity index (χ2n) is 5.30. The van der Waals surface area contributed by atoms with Crippen molar-refractivity contribution >= 4 is 5.82 Å². The van der Waals surface area contributed by atoms with Crippen molar-refractivity contribution in [2.45, 2.75) is 19.1 Å². The minimum atomic E-state index is -4.56. The molecular weight excluding hydrogens is 307 g/mol. The van der Waals surface area contributed by atoms with Crippen molar-refractivity contribution in [3.63, 3.8) is 0 Å². The number of aromatic hydroxyl groups is 1. The molecule has 4 nitrogen and oxygen atoms in total. The molecule has 0 aliphatic carbocycles. The van der Waals surface area contributed by atoms with E-state index in [0.29, 0.717) is 19.5 Å². The summed E-state index contributed by atoms with van der Waals surface area (Å²) in [7, 11) is 0. The van der Waals surface area contributed by atoms with Gasteiger partial charge in [0.2, 0.25) is 0 Å². The lowest BCUT2D eigenvalue weighted by Crippen LogP contribution is -2.32. The fraction of sp³-hybridized carbons (Fsp3) is 0.250. The standard InChI is InChI=1S/C16H12F3N3O/c17-16(18,19)14-4-2-11(8-20)15(21-14)22-6-5-10-1-3-13(23)7-12(10)9-22/h1-4,7,23H,5-6,9H2. The molecule has 118 valence electrons. The van der Waals surface area contributed by atoms with Crippen LogP contribution in [-0.4, -0.2) is 16.6 Å². The molecule has 1 aromatic carbocycles. The molecule has 2 heterocycles. The fourth-order valence-electron chi connectivity index (χ4n) is 2.66. The number of pyridine rings is 1. The van der Waals surface area contributed by atoms with Gasteiger partial charge in [-0.2, -0.15) is 18.4 Å². The van der Waals surface area contributed by atoms with Gasteiger partial charge in [-0.15, -0.1) is 0 Å². The Balaban J connectivity index is 2.00. The summed E-state index contributed by atoms with van der Waals surface area (Å²) in [6, 6.07) is 8.80. The van der Waals surface area contributed by atoms with Crippen LogP contribution in [0, 0.1) is 11.3 Å². The fourth-order valence-corrected chi connectivity index (χ4v) is 2.66. The summed E-state index contributed by atoms with van der Waals surface area (Å²) in [4.78, 5) is 5.28. The summed E-state index contributed by atoms with van der Waals surface area (Å²) < 4.78 is 38.6. The molecule has 1 aliphatic heterocycles. The first-order valence-corrected chi connectivity index (χ1v) is 6.92. The van der Waals surface area contributed by atoms with Gasteiger partial charge in [-0.25, -0.2) is 4.98 Å². The molecule has 0 saturated carbocycles. The lowest BCUT2D eigenvalue weighted by atomic mass is 9.99. The van der Waals surface area contributed by atoms with Crippen molar-refractivity contribution in [2.24, 2.45) is 0 Å². The van der Waals surface area contributed by atoms with Gasteiger partial charge in [0, 0.05) is 13.1 Å². The predicted molar refractivity (Wildman–Crippen MR) is 76.8 cm³/mol. The number of nitrogens with zero attached hydrogens (tertiary/aromatic N) is 3. The average Bonchev–Trinajstić information content (AvgIpc) is 2.52. The van der Waals surface area contributed by atoms with Gasteiger partial charge in [-0.1, -0.05) is 6.07 Å². The lowest BCUT2D eigenvalue weighted by Gasteiger charge is -2.30. The third-order valence-electron chi connectivity index (χ3n) is 3.79. The molecule has 1 aliphatic rings. The number of aromatic nitrogens is 1. The van der Waals surface area contributed by atoms with Crippen LogP contribution in [0.5, 0.6) is 5.75 Å². The molecule has 2 aromatic rings. The van der Waals surface area contributed by atoms with E-state index in [9.17, 15) is 18.3 Å². The van der Waals surface area contributed by atoms with E-state index in [0.717, 1.165) is 23.3 Å². The number of hydrogen-bond donors (Lipinski definition) is 1. The van der Waals surface area contributed by atoms with E-state index in [-0.39, 0.29) is 17.1 Å². The zero-order valence-corrected chi connectivity index (χ0v) is 11.9. The molecule has 1 N–H and O–H groups in total. The number of alkyl halides is 3. The van der Waals surface area contributed by atoms with Gasteiger partial charge < -0.3 is 10.0 Å². The summed E-state index contributed by atoms with van der Waals surface area (Å²) in [6.45, 7) is 0.757. The minimum absolute atomic E-state index is 0.0244. The molecule has 0 radical (unpaired) electrons. The molecule has 0 saturated heterocycles. The molecule has 7 heteroatoms. The Morgan fingerprint density at radius 1 is 1.17 bits per heavy atom. The summed E-state index contributed by atoms with van der Waals surface area (Å²) in [5.74, 6) is 0.124. The molecule has 0 atom stereocenters. The summed E-state index contributed by atoms with van der Waals surface area (Å²) in [5, 5.41) is 18.7. The van der Waals surface area contributed by atoms with Gasteiger partial charge in [0.1, 0.15) is 23.3 Å². The van der Waals surface area contributed by atoms with Gasteiger partial charge in [0.15, 0.2) is 0 Å². The van der Waals surface area contributed by atoms with Gasteiger partial charge in [0.25, 0.3) is 0 Å². The number of halogens is 3. The lowest BCUT2D eigenvalue weighted by molar-refractivity contribution is -0.141. The number of anilines is 1. The highest BCUT2D eigenvalue weighted by molar-refractivity contribution is 5.56. The maximum Gasteiger partial charge on any atom is 0.433 e. The molecule has 0 unspecified atom stereocenters. The van der Waals surface area contributed by atoms with Crippen molar-refractivity contribution in [3.8, 4) is 11.8 Å². The van der Waals surface area contributed by atoms with E-state index < -0.39 is 11.9 Å². The van der Waals surface area contributed by atoms with E-state index in [1.54, 1.807) is 23.1 Å². The molecule has 0 bridgehead atoms. The quantitative estimate of drug-likeness (QED) is 0.876. The highest BCUT2D eigenvalue weighted by Crippen LogP contribution is 2.32. The number of phenolic OH excluding ortho intramolecular Hbond substituents is 1. The van der Waals surface area contributed by atoms with Crippen LogP contribution in [0.4, 0.5) is 19.0 Å². The molecule has 0 fully saturated rings. The Hall–Kier alpha value is -2.75. The van der Waals surface area contributed by atoms with E-state index in [1.165, 1.54) is 0 Å². The minimum Gasteiger partial charge on any atom is -0.508 e. The number of fused-ring (bicyclic) bond motifs is 1. The summed E-state index contributed by atoms with van der Waals surface area (Å²) >= 11 is 0. The van der Waals surface area contributed by atoms with Crippen LogP contribution in [0.15, 0.2) is 30.3 Å². The predicted octanol–water partition coefficient (Wildman–Crippen LogP) is 3.24. The monoisotopic (exact) mass is 319 g/mol. The SMILES string of the molecule is N#Cc1ccc(C(F)(F)F)nc1N1CCc2ccc(O)cc2C1. The van der Waals surface area contributed by atoms with Crippen LogP contribution in [0.25, 0.3) is 0 Å². The Bertz CT molecular complexity index is 796. The van der Waals surface area contributed by atoms with Crippen LogP contribution < -0.4 is 4.90 Å². The largest absolute Gasteiger partial charge is 0.508 e. The van der Waals surface area contributed by atoms with E-state index in [2.05, 4.69) is 4.98 Å². The number of hydrogen-bond acceptors (Lipinski definition) is 4. The molecule has 3 rings (SSSR count).